The second-order valence-electron chi connectivity index (χ2n) is 5.61. The van der Waals surface area contributed by atoms with E-state index in [0.717, 1.165) is 19.0 Å². The lowest BCUT2D eigenvalue weighted by Gasteiger charge is -2.20. The summed E-state index contributed by atoms with van der Waals surface area (Å²) in [7, 11) is 2.17. The van der Waals surface area contributed by atoms with Crippen molar-refractivity contribution in [3.8, 4) is 0 Å². The summed E-state index contributed by atoms with van der Waals surface area (Å²) < 4.78 is 0. The zero-order chi connectivity index (χ0) is 12.8. The fourth-order valence-corrected chi connectivity index (χ4v) is 2.70. The van der Waals surface area contributed by atoms with Gasteiger partial charge in [0.1, 0.15) is 0 Å². The minimum atomic E-state index is 0.940. The SMILES string of the molecule is Cc1ccc(N(C)CCNCC2CCCC2)cc1. The van der Waals surface area contributed by atoms with Crippen molar-refractivity contribution in [2.45, 2.75) is 32.6 Å². The first-order chi connectivity index (χ1) is 8.75. The van der Waals surface area contributed by atoms with Crippen LogP contribution in [0.4, 0.5) is 5.69 Å². The van der Waals surface area contributed by atoms with Crippen LogP contribution in [0.25, 0.3) is 0 Å². The van der Waals surface area contributed by atoms with Gasteiger partial charge in [0.05, 0.1) is 0 Å². The molecule has 2 nitrogen and oxygen atoms in total. The molecule has 18 heavy (non-hydrogen) atoms. The lowest BCUT2D eigenvalue weighted by Crippen LogP contribution is -2.31. The summed E-state index contributed by atoms with van der Waals surface area (Å²) >= 11 is 0. The van der Waals surface area contributed by atoms with Crippen molar-refractivity contribution < 1.29 is 0 Å². The van der Waals surface area contributed by atoms with Gasteiger partial charge < -0.3 is 10.2 Å². The van der Waals surface area contributed by atoms with E-state index in [2.05, 4.69) is 48.5 Å². The van der Waals surface area contributed by atoms with E-state index in [1.54, 1.807) is 0 Å². The molecule has 1 saturated carbocycles. The van der Waals surface area contributed by atoms with E-state index < -0.39 is 0 Å². The van der Waals surface area contributed by atoms with Crippen LogP contribution < -0.4 is 10.2 Å². The van der Waals surface area contributed by atoms with E-state index in [4.69, 9.17) is 0 Å². The van der Waals surface area contributed by atoms with Gasteiger partial charge in [-0.15, -0.1) is 0 Å². The zero-order valence-electron chi connectivity index (χ0n) is 11.8. The van der Waals surface area contributed by atoms with E-state index in [1.165, 1.54) is 43.5 Å². The third kappa shape index (κ3) is 4.02. The van der Waals surface area contributed by atoms with E-state index in [1.807, 2.05) is 0 Å². The van der Waals surface area contributed by atoms with Gasteiger partial charge in [0, 0.05) is 25.8 Å². The molecule has 0 aromatic heterocycles. The molecule has 1 N–H and O–H groups in total. The zero-order valence-corrected chi connectivity index (χ0v) is 11.8. The highest BCUT2D eigenvalue weighted by Crippen LogP contribution is 2.23. The predicted molar refractivity (Wildman–Crippen MR) is 79.3 cm³/mol. The molecule has 0 amide bonds. The topological polar surface area (TPSA) is 15.3 Å². The molecule has 1 aliphatic rings. The summed E-state index contributed by atoms with van der Waals surface area (Å²) in [5, 5.41) is 3.60. The normalized spacial score (nSPS) is 16.1. The van der Waals surface area contributed by atoms with Crippen molar-refractivity contribution in [2.24, 2.45) is 5.92 Å². The van der Waals surface area contributed by atoms with Crippen LogP contribution in [0.5, 0.6) is 0 Å². The maximum Gasteiger partial charge on any atom is 0.0364 e. The Morgan fingerprint density at radius 2 is 1.83 bits per heavy atom. The molecule has 0 bridgehead atoms. The number of rotatable bonds is 6. The van der Waals surface area contributed by atoms with Crippen LogP contribution in [0, 0.1) is 12.8 Å². The number of benzene rings is 1. The maximum atomic E-state index is 3.60. The van der Waals surface area contributed by atoms with Crippen LogP contribution in [0.3, 0.4) is 0 Å². The van der Waals surface area contributed by atoms with Gasteiger partial charge in [-0.25, -0.2) is 0 Å². The van der Waals surface area contributed by atoms with Crippen LogP contribution in [0.15, 0.2) is 24.3 Å². The summed E-state index contributed by atoms with van der Waals surface area (Å²) in [5.41, 5.74) is 2.63. The average molecular weight is 246 g/mol. The number of likely N-dealkylation sites (N-methyl/N-ethyl adjacent to an activating group) is 1. The largest absolute Gasteiger partial charge is 0.373 e. The quantitative estimate of drug-likeness (QED) is 0.775. The molecule has 0 spiro atoms. The van der Waals surface area contributed by atoms with Crippen LogP contribution in [-0.2, 0) is 0 Å². The van der Waals surface area contributed by atoms with E-state index in [0.29, 0.717) is 0 Å². The van der Waals surface area contributed by atoms with Crippen molar-refractivity contribution in [1.82, 2.24) is 5.32 Å². The van der Waals surface area contributed by atoms with Crippen molar-refractivity contribution >= 4 is 5.69 Å². The molecule has 0 saturated heterocycles. The number of nitrogens with one attached hydrogen (secondary N) is 1. The Bertz CT molecular complexity index is 339. The minimum Gasteiger partial charge on any atom is -0.373 e. The molecular weight excluding hydrogens is 220 g/mol. The highest BCUT2D eigenvalue weighted by molar-refractivity contribution is 5.46. The van der Waals surface area contributed by atoms with E-state index in [9.17, 15) is 0 Å². The van der Waals surface area contributed by atoms with Gasteiger partial charge in [-0.05, 0) is 44.4 Å². The summed E-state index contributed by atoms with van der Waals surface area (Å²) in [5.74, 6) is 0.940. The second-order valence-corrected chi connectivity index (χ2v) is 5.61. The second kappa shape index (κ2) is 6.79. The summed E-state index contributed by atoms with van der Waals surface area (Å²) in [6.07, 6.45) is 5.74. The fourth-order valence-electron chi connectivity index (χ4n) is 2.70. The van der Waals surface area contributed by atoms with Crippen molar-refractivity contribution in [3.63, 3.8) is 0 Å². The maximum absolute atomic E-state index is 3.60. The van der Waals surface area contributed by atoms with Gasteiger partial charge in [0.2, 0.25) is 0 Å². The van der Waals surface area contributed by atoms with E-state index >= 15 is 0 Å². The Labute approximate surface area is 111 Å². The lowest BCUT2D eigenvalue weighted by molar-refractivity contribution is 0.492. The first kappa shape index (κ1) is 13.4. The van der Waals surface area contributed by atoms with Crippen molar-refractivity contribution in [1.29, 1.82) is 0 Å². The number of hydrogen-bond donors (Lipinski definition) is 1. The minimum absolute atomic E-state index is 0.940. The molecule has 0 aliphatic heterocycles. The molecule has 0 atom stereocenters. The molecule has 0 heterocycles. The molecule has 2 heteroatoms. The number of hydrogen-bond acceptors (Lipinski definition) is 2. The molecule has 2 rings (SSSR count). The molecule has 1 aromatic carbocycles. The molecule has 1 aliphatic carbocycles. The van der Waals surface area contributed by atoms with Gasteiger partial charge in [0.25, 0.3) is 0 Å². The Morgan fingerprint density at radius 3 is 2.50 bits per heavy atom. The number of nitrogens with zero attached hydrogens (tertiary/aromatic N) is 1. The monoisotopic (exact) mass is 246 g/mol. The van der Waals surface area contributed by atoms with Crippen LogP contribution in [0.1, 0.15) is 31.2 Å². The van der Waals surface area contributed by atoms with Gasteiger partial charge in [-0.1, -0.05) is 30.5 Å². The number of anilines is 1. The van der Waals surface area contributed by atoms with Gasteiger partial charge >= 0.3 is 0 Å². The standard InChI is InChI=1S/C16H26N2/c1-14-7-9-16(10-8-14)18(2)12-11-17-13-15-5-3-4-6-15/h7-10,15,17H,3-6,11-13H2,1-2H3. The Morgan fingerprint density at radius 1 is 1.17 bits per heavy atom. The molecule has 0 radical (unpaired) electrons. The lowest BCUT2D eigenvalue weighted by atomic mass is 10.1. The van der Waals surface area contributed by atoms with Gasteiger partial charge in [-0.3, -0.25) is 0 Å². The Balaban J connectivity index is 1.64. The molecular formula is C16H26N2. The smallest absolute Gasteiger partial charge is 0.0364 e. The third-order valence-corrected chi connectivity index (χ3v) is 4.01. The Hall–Kier alpha value is -1.02. The molecule has 0 unspecified atom stereocenters. The number of aryl methyl sites for hydroxylation is 1. The fraction of sp³-hybridized carbons (Fsp3) is 0.625. The molecule has 1 fully saturated rings. The first-order valence-electron chi connectivity index (χ1n) is 7.24. The van der Waals surface area contributed by atoms with Gasteiger partial charge in [0.15, 0.2) is 0 Å². The van der Waals surface area contributed by atoms with Gasteiger partial charge in [-0.2, -0.15) is 0 Å². The van der Waals surface area contributed by atoms with E-state index in [-0.39, 0.29) is 0 Å². The highest BCUT2D eigenvalue weighted by Gasteiger charge is 2.13. The highest BCUT2D eigenvalue weighted by atomic mass is 15.1. The first-order valence-corrected chi connectivity index (χ1v) is 7.24. The molecule has 1 aromatic rings. The Kier molecular flexibility index (Phi) is 5.06. The summed E-state index contributed by atoms with van der Waals surface area (Å²) in [6.45, 7) is 5.51. The molecule has 100 valence electrons. The van der Waals surface area contributed by atoms with Crippen LogP contribution in [0.2, 0.25) is 0 Å². The third-order valence-electron chi connectivity index (χ3n) is 4.01. The summed E-state index contributed by atoms with van der Waals surface area (Å²) in [6, 6.07) is 8.76. The average Bonchev–Trinajstić information content (AvgIpc) is 2.88. The van der Waals surface area contributed by atoms with Crippen molar-refractivity contribution in [2.75, 3.05) is 31.6 Å². The summed E-state index contributed by atoms with van der Waals surface area (Å²) in [4.78, 5) is 2.32. The predicted octanol–water partition coefficient (Wildman–Crippen LogP) is 3.21. The van der Waals surface area contributed by atoms with Crippen LogP contribution in [-0.4, -0.2) is 26.7 Å². The van der Waals surface area contributed by atoms with Crippen LogP contribution >= 0.6 is 0 Å². The van der Waals surface area contributed by atoms with Crippen molar-refractivity contribution in [3.05, 3.63) is 29.8 Å².